The Balaban J connectivity index is 2.16. The molecule has 1 fully saturated rings. The molecule has 1 aromatic rings. The van der Waals surface area contributed by atoms with Crippen molar-refractivity contribution >= 4 is 23.4 Å². The van der Waals surface area contributed by atoms with Crippen molar-refractivity contribution in [2.75, 3.05) is 17.6 Å². The summed E-state index contributed by atoms with van der Waals surface area (Å²) in [7, 11) is 0. The molecule has 1 aromatic carbocycles. The molecule has 0 saturated carbocycles. The lowest BCUT2D eigenvalue weighted by Gasteiger charge is -2.11. The Morgan fingerprint density at radius 1 is 1.58 bits per heavy atom. The number of thioether (sulfide) groups is 1. The van der Waals surface area contributed by atoms with Crippen molar-refractivity contribution in [1.29, 1.82) is 0 Å². The van der Waals surface area contributed by atoms with Gasteiger partial charge in [0.2, 0.25) is 5.91 Å². The first-order chi connectivity index (χ1) is 9.20. The Labute approximate surface area is 116 Å². The predicted molar refractivity (Wildman–Crippen MR) is 76.4 cm³/mol. The van der Waals surface area contributed by atoms with Crippen LogP contribution in [0.2, 0.25) is 0 Å². The fourth-order valence-electron chi connectivity index (χ4n) is 1.87. The highest BCUT2D eigenvalue weighted by Crippen LogP contribution is 2.27. The maximum Gasteiger partial charge on any atom is 0.237 e. The summed E-state index contributed by atoms with van der Waals surface area (Å²) in [6.45, 7) is 0.197. The quantitative estimate of drug-likeness (QED) is 0.813. The Morgan fingerprint density at radius 2 is 2.42 bits per heavy atom. The number of nitrogens with one attached hydrogen (secondary N) is 1. The number of halogens is 1. The van der Waals surface area contributed by atoms with E-state index in [1.54, 1.807) is 11.8 Å². The number of amides is 1. The smallest absolute Gasteiger partial charge is 0.237 e. The van der Waals surface area contributed by atoms with Gasteiger partial charge >= 0.3 is 0 Å². The van der Waals surface area contributed by atoms with Crippen LogP contribution in [0.4, 0.5) is 10.1 Å². The minimum atomic E-state index is -0.380. The van der Waals surface area contributed by atoms with E-state index in [2.05, 4.69) is 17.2 Å². The highest BCUT2D eigenvalue weighted by atomic mass is 32.2. The van der Waals surface area contributed by atoms with E-state index >= 15 is 0 Å². The van der Waals surface area contributed by atoms with E-state index in [1.165, 1.54) is 18.2 Å². The molecule has 3 N–H and O–H groups in total. The molecule has 1 heterocycles. The molecule has 1 aliphatic heterocycles. The van der Waals surface area contributed by atoms with Crippen molar-refractivity contribution in [2.24, 2.45) is 5.73 Å². The van der Waals surface area contributed by atoms with E-state index in [0.29, 0.717) is 11.3 Å². The fraction of sp³-hybridized carbons (Fsp3) is 0.357. The zero-order valence-corrected chi connectivity index (χ0v) is 11.2. The number of carbonyl (C=O) groups excluding carboxylic acids is 1. The summed E-state index contributed by atoms with van der Waals surface area (Å²) in [5.41, 5.74) is 6.31. The fourth-order valence-corrected chi connectivity index (χ4v) is 3.03. The highest BCUT2D eigenvalue weighted by molar-refractivity contribution is 8.00. The molecule has 5 heteroatoms. The van der Waals surface area contributed by atoms with E-state index in [9.17, 15) is 9.18 Å². The minimum absolute atomic E-state index is 0.0135. The maximum absolute atomic E-state index is 13.2. The third-order valence-corrected chi connectivity index (χ3v) is 4.16. The van der Waals surface area contributed by atoms with Gasteiger partial charge in [0.05, 0.1) is 23.0 Å². The molecule has 100 valence electrons. The van der Waals surface area contributed by atoms with Gasteiger partial charge in [-0.05, 0) is 36.8 Å². The Bertz CT molecular complexity index is 530. The number of hydrogen-bond acceptors (Lipinski definition) is 3. The summed E-state index contributed by atoms with van der Waals surface area (Å²) >= 11 is 1.65. The summed E-state index contributed by atoms with van der Waals surface area (Å²) in [6.07, 6.45) is 1.95. The van der Waals surface area contributed by atoms with Gasteiger partial charge in [0.15, 0.2) is 0 Å². The van der Waals surface area contributed by atoms with Gasteiger partial charge in [-0.15, -0.1) is 11.8 Å². The molecule has 1 atom stereocenters. The van der Waals surface area contributed by atoms with Gasteiger partial charge in [0.25, 0.3) is 0 Å². The lowest BCUT2D eigenvalue weighted by molar-refractivity contribution is -0.115. The number of nitrogens with two attached hydrogens (primary N) is 1. The lowest BCUT2D eigenvalue weighted by Crippen LogP contribution is -2.23. The molecule has 3 nitrogen and oxygen atoms in total. The van der Waals surface area contributed by atoms with E-state index in [0.717, 1.165) is 18.6 Å². The van der Waals surface area contributed by atoms with Gasteiger partial charge in [0, 0.05) is 0 Å². The van der Waals surface area contributed by atoms with Gasteiger partial charge in [-0.1, -0.05) is 11.8 Å². The van der Waals surface area contributed by atoms with Gasteiger partial charge in [-0.2, -0.15) is 0 Å². The number of benzene rings is 1. The van der Waals surface area contributed by atoms with Crippen LogP contribution in [0, 0.1) is 17.7 Å². The lowest BCUT2D eigenvalue weighted by atomic mass is 10.1. The average molecular weight is 278 g/mol. The number of rotatable bonds is 2. The van der Waals surface area contributed by atoms with Crippen molar-refractivity contribution in [2.45, 2.75) is 18.1 Å². The topological polar surface area (TPSA) is 55.1 Å². The zero-order chi connectivity index (χ0) is 13.7. The number of carbonyl (C=O) groups is 1. The first kappa shape index (κ1) is 13.9. The van der Waals surface area contributed by atoms with Crippen LogP contribution in [-0.4, -0.2) is 23.5 Å². The van der Waals surface area contributed by atoms with Crippen LogP contribution in [0.25, 0.3) is 0 Å². The van der Waals surface area contributed by atoms with Gasteiger partial charge < -0.3 is 11.1 Å². The molecule has 1 unspecified atom stereocenters. The van der Waals surface area contributed by atoms with Gasteiger partial charge in [0.1, 0.15) is 5.82 Å². The zero-order valence-electron chi connectivity index (χ0n) is 10.4. The largest absolute Gasteiger partial charge is 0.324 e. The van der Waals surface area contributed by atoms with Crippen molar-refractivity contribution in [3.8, 4) is 11.8 Å². The summed E-state index contributed by atoms with van der Waals surface area (Å²) in [4.78, 5) is 12.0. The Kier molecular flexibility index (Phi) is 4.83. The standard InChI is InChI=1S/C14H15FN2OS/c15-11-5-6-12(10(9-11)3-1-7-16)17-14(18)13-4-2-8-19-13/h5-6,9,13H,2,4,7-8,16H2,(H,17,18). The third kappa shape index (κ3) is 3.72. The van der Waals surface area contributed by atoms with E-state index in [-0.39, 0.29) is 23.5 Å². The van der Waals surface area contributed by atoms with Crippen LogP contribution in [0.3, 0.4) is 0 Å². The van der Waals surface area contributed by atoms with Crippen molar-refractivity contribution in [1.82, 2.24) is 0 Å². The van der Waals surface area contributed by atoms with Crippen LogP contribution >= 0.6 is 11.8 Å². The van der Waals surface area contributed by atoms with Crippen molar-refractivity contribution in [3.63, 3.8) is 0 Å². The summed E-state index contributed by atoms with van der Waals surface area (Å²) in [6, 6.07) is 4.15. The molecule has 2 rings (SSSR count). The predicted octanol–water partition coefficient (Wildman–Crippen LogP) is 1.97. The monoisotopic (exact) mass is 278 g/mol. The molecule has 0 spiro atoms. The van der Waals surface area contributed by atoms with Gasteiger partial charge in [-0.25, -0.2) is 4.39 Å². The van der Waals surface area contributed by atoms with Crippen LogP contribution < -0.4 is 11.1 Å². The maximum atomic E-state index is 13.2. The minimum Gasteiger partial charge on any atom is -0.324 e. The SMILES string of the molecule is NCC#Cc1cc(F)ccc1NC(=O)C1CCCS1. The van der Waals surface area contributed by atoms with Crippen LogP contribution in [0.1, 0.15) is 18.4 Å². The molecule has 1 saturated heterocycles. The second-order valence-corrected chi connectivity index (χ2v) is 5.50. The summed E-state index contributed by atoms with van der Waals surface area (Å²) in [5.74, 6) is 6.04. The Morgan fingerprint density at radius 3 is 3.11 bits per heavy atom. The number of anilines is 1. The molecule has 0 aromatic heterocycles. The molecule has 0 bridgehead atoms. The van der Waals surface area contributed by atoms with Crippen LogP contribution in [-0.2, 0) is 4.79 Å². The summed E-state index contributed by atoms with van der Waals surface area (Å²) in [5, 5.41) is 2.81. The van der Waals surface area contributed by atoms with Crippen LogP contribution in [0.5, 0.6) is 0 Å². The van der Waals surface area contributed by atoms with Crippen molar-refractivity contribution < 1.29 is 9.18 Å². The molecule has 0 aliphatic carbocycles. The highest BCUT2D eigenvalue weighted by Gasteiger charge is 2.23. The average Bonchev–Trinajstić information content (AvgIpc) is 2.93. The molecule has 0 radical (unpaired) electrons. The molecule has 1 aliphatic rings. The Hall–Kier alpha value is -1.51. The molecule has 1 amide bonds. The van der Waals surface area contributed by atoms with Crippen molar-refractivity contribution in [3.05, 3.63) is 29.6 Å². The second-order valence-electron chi connectivity index (χ2n) is 4.19. The molecular formula is C14H15FN2OS. The first-order valence-corrected chi connectivity index (χ1v) is 7.16. The molecule has 19 heavy (non-hydrogen) atoms. The van der Waals surface area contributed by atoms with E-state index in [4.69, 9.17) is 5.73 Å². The summed E-state index contributed by atoms with van der Waals surface area (Å²) < 4.78 is 13.2. The van der Waals surface area contributed by atoms with E-state index < -0.39 is 0 Å². The van der Waals surface area contributed by atoms with Crippen LogP contribution in [0.15, 0.2) is 18.2 Å². The normalized spacial score (nSPS) is 17.7. The van der Waals surface area contributed by atoms with E-state index in [1.807, 2.05) is 0 Å². The second kappa shape index (κ2) is 6.60. The third-order valence-electron chi connectivity index (χ3n) is 2.79. The first-order valence-electron chi connectivity index (χ1n) is 6.11. The number of hydrogen-bond donors (Lipinski definition) is 2. The van der Waals surface area contributed by atoms with Gasteiger partial charge in [-0.3, -0.25) is 4.79 Å². The molecular weight excluding hydrogens is 263 g/mol.